The van der Waals surface area contributed by atoms with Gasteiger partial charge in [0.25, 0.3) is 5.91 Å². The van der Waals surface area contributed by atoms with Gasteiger partial charge in [0.15, 0.2) is 5.65 Å². The highest BCUT2D eigenvalue weighted by Crippen LogP contribution is 2.40. The summed E-state index contributed by atoms with van der Waals surface area (Å²) in [4.78, 5) is 63.1. The van der Waals surface area contributed by atoms with Gasteiger partial charge >= 0.3 is 0 Å². The maximum atomic E-state index is 13.9. The summed E-state index contributed by atoms with van der Waals surface area (Å²) in [5, 5.41) is 6.86. The topological polar surface area (TPSA) is 133 Å². The molecule has 1 atom stereocenters. The molecule has 1 unspecified atom stereocenters. The number of likely N-dealkylation sites (tertiary alicyclic amines) is 1. The molecular formula is C42H50N8O5. The van der Waals surface area contributed by atoms with Crippen molar-refractivity contribution in [1.82, 2.24) is 34.6 Å². The van der Waals surface area contributed by atoms with E-state index in [1.54, 1.807) is 10.7 Å². The normalized spacial score (nSPS) is 20.0. The number of piperidine rings is 3. The summed E-state index contributed by atoms with van der Waals surface area (Å²) in [6.45, 7) is 11.9. The summed E-state index contributed by atoms with van der Waals surface area (Å²) < 4.78 is 8.03. The average Bonchev–Trinajstić information content (AvgIpc) is 3.75. The van der Waals surface area contributed by atoms with Crippen LogP contribution in [0.3, 0.4) is 0 Å². The van der Waals surface area contributed by atoms with E-state index in [1.165, 1.54) is 4.90 Å². The van der Waals surface area contributed by atoms with Gasteiger partial charge in [-0.15, -0.1) is 0 Å². The summed E-state index contributed by atoms with van der Waals surface area (Å²) in [5.74, 6) is 0.692. The molecule has 0 saturated carbocycles. The molecule has 0 aliphatic carbocycles. The molecule has 0 spiro atoms. The van der Waals surface area contributed by atoms with Crippen LogP contribution in [0.4, 0.5) is 5.69 Å². The van der Waals surface area contributed by atoms with Crippen molar-refractivity contribution in [3.63, 3.8) is 0 Å². The van der Waals surface area contributed by atoms with Crippen LogP contribution in [0.15, 0.2) is 55.0 Å². The van der Waals surface area contributed by atoms with E-state index in [4.69, 9.17) is 4.74 Å². The third-order valence-corrected chi connectivity index (χ3v) is 11.9. The number of carbonyl (C=O) groups excluding carboxylic acids is 4. The number of anilines is 1. The van der Waals surface area contributed by atoms with Crippen LogP contribution in [0.2, 0.25) is 0 Å². The molecule has 4 aromatic rings. The SMILES string of the molecule is Cc1ccc(N2CCC(CN3CCC(N4Cc5cc(-c6cnn7cccnc67)c(OC(C)C)cc5C4=O)CC3)CC2)cc1CN(C=O)C1CCC(=O)NC1=O. The molecule has 13 nitrogen and oxygen atoms in total. The Morgan fingerprint density at radius 3 is 2.53 bits per heavy atom. The fourth-order valence-corrected chi connectivity index (χ4v) is 8.83. The van der Waals surface area contributed by atoms with Crippen molar-refractivity contribution < 1.29 is 23.9 Å². The summed E-state index contributed by atoms with van der Waals surface area (Å²) in [6, 6.07) is 11.9. The Labute approximate surface area is 321 Å². The van der Waals surface area contributed by atoms with Gasteiger partial charge in [-0.2, -0.15) is 5.10 Å². The van der Waals surface area contributed by atoms with E-state index in [0.717, 1.165) is 110 Å². The van der Waals surface area contributed by atoms with Gasteiger partial charge in [-0.3, -0.25) is 24.5 Å². The standard InChI is InChI=1S/C42H50N8O5/c1-27(2)55-38-21-34-31(20-35(38)36-22-44-50-14-4-13-43-40(36)50)25-49(42(34)54)32-11-15-46(16-12-32)23-29-9-17-47(18-10-29)33-6-5-28(3)30(19-33)24-48(26-51)37-7-8-39(52)45-41(37)53/h4-6,13-14,19-22,26-27,29,32,37H,7-12,15-18,23-25H2,1-3H3,(H,45,52,53). The van der Waals surface area contributed by atoms with Gasteiger partial charge in [-0.05, 0) is 106 Å². The first kappa shape index (κ1) is 36.7. The van der Waals surface area contributed by atoms with Crippen molar-refractivity contribution in [1.29, 1.82) is 0 Å². The maximum Gasteiger partial charge on any atom is 0.254 e. The number of aromatic nitrogens is 3. The molecular weight excluding hydrogens is 697 g/mol. The van der Waals surface area contributed by atoms with Crippen molar-refractivity contribution >= 4 is 35.5 Å². The van der Waals surface area contributed by atoms with Crippen molar-refractivity contribution in [2.75, 3.05) is 37.6 Å². The Morgan fingerprint density at radius 2 is 1.78 bits per heavy atom. The molecule has 13 heteroatoms. The van der Waals surface area contributed by atoms with Gasteiger partial charge in [0.05, 0.1) is 17.9 Å². The number of rotatable bonds is 11. The third-order valence-electron chi connectivity index (χ3n) is 11.9. The molecule has 6 heterocycles. The first-order chi connectivity index (χ1) is 26.6. The summed E-state index contributed by atoms with van der Waals surface area (Å²) in [6.07, 6.45) is 10.8. The fraction of sp³-hybridized carbons (Fsp3) is 0.476. The zero-order valence-corrected chi connectivity index (χ0v) is 31.9. The number of hydrogen-bond donors (Lipinski definition) is 1. The highest BCUT2D eigenvalue weighted by molar-refractivity contribution is 6.01. The third kappa shape index (κ3) is 7.54. The van der Waals surface area contributed by atoms with Crippen molar-refractivity contribution in [2.45, 2.75) is 90.6 Å². The lowest BCUT2D eigenvalue weighted by molar-refractivity contribution is -0.141. The molecule has 55 heavy (non-hydrogen) atoms. The lowest BCUT2D eigenvalue weighted by atomic mass is 9.94. The lowest BCUT2D eigenvalue weighted by Gasteiger charge is -2.40. The van der Waals surface area contributed by atoms with Crippen LogP contribution < -0.4 is 15.0 Å². The van der Waals surface area contributed by atoms with E-state index in [0.29, 0.717) is 31.2 Å². The number of benzene rings is 2. The van der Waals surface area contributed by atoms with Gasteiger partial charge in [0.2, 0.25) is 18.2 Å². The molecule has 8 rings (SSSR count). The Kier molecular flexibility index (Phi) is 10.3. The number of nitrogens with zero attached hydrogens (tertiary/aromatic N) is 7. The monoisotopic (exact) mass is 746 g/mol. The van der Waals surface area contributed by atoms with Gasteiger partial charge < -0.3 is 24.3 Å². The highest BCUT2D eigenvalue weighted by Gasteiger charge is 2.37. The number of amides is 4. The minimum Gasteiger partial charge on any atom is -0.490 e. The summed E-state index contributed by atoms with van der Waals surface area (Å²) >= 11 is 0. The zero-order valence-electron chi connectivity index (χ0n) is 31.9. The molecule has 0 radical (unpaired) electrons. The second-order valence-corrected chi connectivity index (χ2v) is 15.9. The lowest BCUT2D eigenvalue weighted by Crippen LogP contribution is -2.51. The molecule has 3 fully saturated rings. The van der Waals surface area contributed by atoms with Crippen LogP contribution in [0.1, 0.15) is 79.4 Å². The Balaban J connectivity index is 0.852. The maximum absolute atomic E-state index is 13.9. The predicted octanol–water partition coefficient (Wildman–Crippen LogP) is 4.59. The van der Waals surface area contributed by atoms with E-state index in [1.807, 2.05) is 45.3 Å². The van der Waals surface area contributed by atoms with Crippen LogP contribution in [-0.4, -0.2) is 104 Å². The highest BCUT2D eigenvalue weighted by atomic mass is 16.5. The van der Waals surface area contributed by atoms with Crippen molar-refractivity contribution in [2.24, 2.45) is 5.92 Å². The smallest absolute Gasteiger partial charge is 0.254 e. The molecule has 4 aliphatic heterocycles. The molecule has 288 valence electrons. The number of aryl methyl sites for hydroxylation is 1. The quantitative estimate of drug-likeness (QED) is 0.173. The van der Waals surface area contributed by atoms with Crippen molar-refractivity contribution in [3.8, 4) is 16.9 Å². The van der Waals surface area contributed by atoms with Crippen LogP contribution in [0.5, 0.6) is 5.75 Å². The van der Waals surface area contributed by atoms with Gasteiger partial charge in [0, 0.05) is 87.5 Å². The minimum atomic E-state index is -0.634. The second-order valence-electron chi connectivity index (χ2n) is 15.9. The van der Waals surface area contributed by atoms with E-state index >= 15 is 0 Å². The number of fused-ring (bicyclic) bond motifs is 2. The Morgan fingerprint density at radius 1 is 0.982 bits per heavy atom. The molecule has 3 saturated heterocycles. The molecule has 2 aromatic heterocycles. The first-order valence-corrected chi connectivity index (χ1v) is 19.7. The molecule has 2 aromatic carbocycles. The van der Waals surface area contributed by atoms with Crippen LogP contribution in [-0.2, 0) is 27.5 Å². The molecule has 4 aliphatic rings. The predicted molar refractivity (Wildman–Crippen MR) is 207 cm³/mol. The number of imide groups is 1. The van der Waals surface area contributed by atoms with Crippen LogP contribution >= 0.6 is 0 Å². The summed E-state index contributed by atoms with van der Waals surface area (Å²) in [5.41, 5.74) is 7.52. The number of carbonyl (C=O) groups is 4. The Hall–Kier alpha value is -5.30. The number of nitrogens with one attached hydrogen (secondary N) is 1. The Bertz CT molecular complexity index is 2100. The fourth-order valence-electron chi connectivity index (χ4n) is 8.83. The molecule has 1 N–H and O–H groups in total. The molecule has 0 bridgehead atoms. The number of ether oxygens (including phenoxy) is 1. The number of hydrogen-bond acceptors (Lipinski definition) is 9. The van der Waals surface area contributed by atoms with E-state index in [-0.39, 0.29) is 30.4 Å². The van der Waals surface area contributed by atoms with Gasteiger partial charge in [0.1, 0.15) is 11.8 Å². The van der Waals surface area contributed by atoms with E-state index < -0.39 is 11.9 Å². The van der Waals surface area contributed by atoms with Crippen LogP contribution in [0.25, 0.3) is 16.8 Å². The molecule has 4 amide bonds. The van der Waals surface area contributed by atoms with Crippen LogP contribution in [0, 0.1) is 12.8 Å². The largest absolute Gasteiger partial charge is 0.490 e. The average molecular weight is 747 g/mol. The first-order valence-electron chi connectivity index (χ1n) is 19.7. The van der Waals surface area contributed by atoms with Crippen molar-refractivity contribution in [3.05, 3.63) is 77.2 Å². The summed E-state index contributed by atoms with van der Waals surface area (Å²) in [7, 11) is 0. The van der Waals surface area contributed by atoms with E-state index in [9.17, 15) is 19.2 Å². The van der Waals surface area contributed by atoms with Gasteiger partial charge in [-0.1, -0.05) is 6.07 Å². The van der Waals surface area contributed by atoms with E-state index in [2.05, 4.69) is 54.4 Å². The van der Waals surface area contributed by atoms with Gasteiger partial charge in [-0.25, -0.2) is 9.50 Å². The minimum absolute atomic E-state index is 0.0505. The second kappa shape index (κ2) is 15.4. The zero-order chi connectivity index (χ0) is 38.2.